The molecule has 1 heterocycles. The van der Waals surface area contributed by atoms with Gasteiger partial charge in [-0.05, 0) is 56.5 Å². The normalized spacial score (nSPS) is 10.5. The Morgan fingerprint density at radius 3 is 2.68 bits per heavy atom. The fourth-order valence-electron chi connectivity index (χ4n) is 1.49. The molecule has 0 radical (unpaired) electrons. The highest BCUT2D eigenvalue weighted by Crippen LogP contribution is 2.26. The quantitative estimate of drug-likeness (QED) is 0.698. The van der Waals surface area contributed by atoms with Gasteiger partial charge in [0.25, 0.3) is 0 Å². The van der Waals surface area contributed by atoms with Gasteiger partial charge < -0.3 is 4.74 Å². The molecule has 2 aromatic rings. The van der Waals surface area contributed by atoms with Gasteiger partial charge in [-0.3, -0.25) is 0 Å². The van der Waals surface area contributed by atoms with Crippen molar-refractivity contribution >= 4 is 31.9 Å². The Labute approximate surface area is 127 Å². The summed E-state index contributed by atoms with van der Waals surface area (Å²) in [6.07, 6.45) is 1.74. The van der Waals surface area contributed by atoms with E-state index in [4.69, 9.17) is 4.74 Å². The number of aromatic nitrogens is 2. The van der Waals surface area contributed by atoms with Gasteiger partial charge in [-0.25, -0.2) is 9.37 Å². The summed E-state index contributed by atoms with van der Waals surface area (Å²) in [4.78, 5) is 8.55. The van der Waals surface area contributed by atoms with Crippen molar-refractivity contribution in [1.82, 2.24) is 9.97 Å². The number of hydrogen-bond acceptors (Lipinski definition) is 3. The third kappa shape index (κ3) is 3.98. The molecule has 0 aliphatic heterocycles. The molecule has 0 unspecified atom stereocenters. The van der Waals surface area contributed by atoms with Crippen LogP contribution >= 0.6 is 31.9 Å². The molecule has 6 heteroatoms. The summed E-state index contributed by atoms with van der Waals surface area (Å²) in [5, 5.41) is 0. The van der Waals surface area contributed by atoms with E-state index in [1.165, 1.54) is 6.07 Å². The molecule has 0 N–H and O–H groups in total. The minimum atomic E-state index is -0.331. The number of halogens is 3. The van der Waals surface area contributed by atoms with Gasteiger partial charge in [-0.2, -0.15) is 4.98 Å². The second-order valence-corrected chi connectivity index (χ2v) is 5.54. The number of benzene rings is 1. The second kappa shape index (κ2) is 6.43. The van der Waals surface area contributed by atoms with E-state index < -0.39 is 0 Å². The molecule has 3 nitrogen and oxygen atoms in total. The van der Waals surface area contributed by atoms with Crippen LogP contribution in [0.4, 0.5) is 4.39 Å². The van der Waals surface area contributed by atoms with E-state index >= 15 is 0 Å². The average Bonchev–Trinajstić information content (AvgIpc) is 2.33. The molecular formula is C13H11Br2FN2O. The van der Waals surface area contributed by atoms with Gasteiger partial charge in [0.2, 0.25) is 5.88 Å². The van der Waals surface area contributed by atoms with Crippen molar-refractivity contribution in [2.75, 3.05) is 0 Å². The molecule has 0 bridgehead atoms. The van der Waals surface area contributed by atoms with E-state index in [1.807, 2.05) is 0 Å². The van der Waals surface area contributed by atoms with Crippen molar-refractivity contribution in [2.24, 2.45) is 0 Å². The monoisotopic (exact) mass is 388 g/mol. The number of aryl methyl sites for hydroxylation is 1. The van der Waals surface area contributed by atoms with Crippen molar-refractivity contribution in [3.8, 4) is 11.6 Å². The SMILES string of the molecule is CCCc1nc(Br)cc(Oc2ccc(F)c(Br)c2)n1. The zero-order valence-electron chi connectivity index (χ0n) is 10.2. The molecular weight excluding hydrogens is 379 g/mol. The molecule has 0 fully saturated rings. The molecule has 19 heavy (non-hydrogen) atoms. The minimum Gasteiger partial charge on any atom is -0.439 e. The van der Waals surface area contributed by atoms with Crippen LogP contribution in [-0.4, -0.2) is 9.97 Å². The Balaban J connectivity index is 2.24. The molecule has 0 saturated heterocycles. The smallest absolute Gasteiger partial charge is 0.223 e. The standard InChI is InChI=1S/C13H11Br2FN2O/c1-2-3-12-17-11(15)7-13(18-12)19-8-4-5-10(16)9(14)6-8/h4-7H,2-3H2,1H3. The number of ether oxygens (including phenoxy) is 1. The summed E-state index contributed by atoms with van der Waals surface area (Å²) >= 11 is 6.44. The van der Waals surface area contributed by atoms with Gasteiger partial charge in [0.05, 0.1) is 4.47 Å². The topological polar surface area (TPSA) is 35.0 Å². The maximum absolute atomic E-state index is 13.1. The van der Waals surface area contributed by atoms with Crippen molar-refractivity contribution in [3.63, 3.8) is 0 Å². The van der Waals surface area contributed by atoms with Crippen LogP contribution in [0.3, 0.4) is 0 Å². The van der Waals surface area contributed by atoms with E-state index in [0.29, 0.717) is 26.5 Å². The van der Waals surface area contributed by atoms with Crippen molar-refractivity contribution in [1.29, 1.82) is 0 Å². The van der Waals surface area contributed by atoms with Gasteiger partial charge in [-0.15, -0.1) is 0 Å². The summed E-state index contributed by atoms with van der Waals surface area (Å²) in [5.41, 5.74) is 0. The van der Waals surface area contributed by atoms with E-state index in [9.17, 15) is 4.39 Å². The molecule has 0 saturated carbocycles. The van der Waals surface area contributed by atoms with Gasteiger partial charge in [0, 0.05) is 12.5 Å². The summed E-state index contributed by atoms with van der Waals surface area (Å²) in [6, 6.07) is 6.12. The van der Waals surface area contributed by atoms with Crippen LogP contribution < -0.4 is 4.74 Å². The van der Waals surface area contributed by atoms with Gasteiger partial charge in [0.1, 0.15) is 22.0 Å². The lowest BCUT2D eigenvalue weighted by molar-refractivity contribution is 0.455. The first kappa shape index (κ1) is 14.4. The Kier molecular flexibility index (Phi) is 4.87. The fraction of sp³-hybridized carbons (Fsp3) is 0.231. The second-order valence-electron chi connectivity index (χ2n) is 3.87. The average molecular weight is 390 g/mol. The van der Waals surface area contributed by atoms with Crippen LogP contribution in [0.25, 0.3) is 0 Å². The molecule has 0 spiro atoms. The first-order valence-corrected chi connectivity index (χ1v) is 7.33. The largest absolute Gasteiger partial charge is 0.439 e. The summed E-state index contributed by atoms with van der Waals surface area (Å²) in [7, 11) is 0. The molecule has 100 valence electrons. The Bertz CT molecular complexity index is 593. The first-order valence-electron chi connectivity index (χ1n) is 5.75. The Hall–Kier alpha value is -1.01. The maximum atomic E-state index is 13.1. The van der Waals surface area contributed by atoms with Crippen LogP contribution in [0.1, 0.15) is 19.2 Å². The van der Waals surface area contributed by atoms with Gasteiger partial charge in [-0.1, -0.05) is 6.92 Å². The molecule has 1 aromatic carbocycles. The third-order valence-corrected chi connectivity index (χ3v) is 3.32. The van der Waals surface area contributed by atoms with E-state index in [2.05, 4.69) is 48.8 Å². The van der Waals surface area contributed by atoms with Crippen molar-refractivity contribution < 1.29 is 9.13 Å². The Morgan fingerprint density at radius 1 is 1.21 bits per heavy atom. The molecule has 0 atom stereocenters. The molecule has 0 amide bonds. The highest BCUT2D eigenvalue weighted by Gasteiger charge is 2.06. The van der Waals surface area contributed by atoms with Crippen molar-refractivity contribution in [2.45, 2.75) is 19.8 Å². The van der Waals surface area contributed by atoms with Crippen LogP contribution in [0.5, 0.6) is 11.6 Å². The van der Waals surface area contributed by atoms with Crippen LogP contribution in [0.15, 0.2) is 33.3 Å². The highest BCUT2D eigenvalue weighted by molar-refractivity contribution is 9.10. The summed E-state index contributed by atoms with van der Waals surface area (Å²) in [6.45, 7) is 2.06. The van der Waals surface area contributed by atoms with Gasteiger partial charge in [0.15, 0.2) is 0 Å². The zero-order valence-corrected chi connectivity index (χ0v) is 13.3. The molecule has 0 aliphatic rings. The fourth-order valence-corrected chi connectivity index (χ4v) is 2.25. The van der Waals surface area contributed by atoms with Gasteiger partial charge >= 0.3 is 0 Å². The maximum Gasteiger partial charge on any atom is 0.223 e. The van der Waals surface area contributed by atoms with E-state index in [0.717, 1.165) is 12.8 Å². The van der Waals surface area contributed by atoms with Crippen molar-refractivity contribution in [3.05, 3.63) is 45.0 Å². The first-order chi connectivity index (χ1) is 9.08. The predicted octanol–water partition coefficient (Wildman–Crippen LogP) is 4.89. The summed E-state index contributed by atoms with van der Waals surface area (Å²) in [5.74, 6) is 1.33. The molecule has 2 rings (SSSR count). The van der Waals surface area contributed by atoms with Crippen LogP contribution in [-0.2, 0) is 6.42 Å². The van der Waals surface area contributed by atoms with Crippen LogP contribution in [0.2, 0.25) is 0 Å². The van der Waals surface area contributed by atoms with E-state index in [-0.39, 0.29) is 5.82 Å². The Morgan fingerprint density at radius 2 is 2.00 bits per heavy atom. The lowest BCUT2D eigenvalue weighted by Crippen LogP contribution is -1.98. The molecule has 0 aliphatic carbocycles. The third-order valence-electron chi connectivity index (χ3n) is 2.30. The lowest BCUT2D eigenvalue weighted by Gasteiger charge is -2.07. The zero-order chi connectivity index (χ0) is 13.8. The van der Waals surface area contributed by atoms with Crippen LogP contribution in [0, 0.1) is 5.82 Å². The molecule has 1 aromatic heterocycles. The number of rotatable bonds is 4. The number of nitrogens with zero attached hydrogens (tertiary/aromatic N) is 2. The predicted molar refractivity (Wildman–Crippen MR) is 77.9 cm³/mol. The summed E-state index contributed by atoms with van der Waals surface area (Å²) < 4.78 is 19.8. The number of hydrogen-bond donors (Lipinski definition) is 0. The highest BCUT2D eigenvalue weighted by atomic mass is 79.9. The lowest BCUT2D eigenvalue weighted by atomic mass is 10.3. The minimum absolute atomic E-state index is 0.331. The van der Waals surface area contributed by atoms with E-state index in [1.54, 1.807) is 18.2 Å².